The van der Waals surface area contributed by atoms with Crippen LogP contribution in [-0.4, -0.2) is 52.7 Å². The molecule has 164 valence electrons. The normalized spacial score (nSPS) is 17.9. The van der Waals surface area contributed by atoms with Crippen molar-refractivity contribution in [2.45, 2.75) is 41.8 Å². The molecule has 1 aliphatic heterocycles. The maximum atomic E-state index is 12.8. The van der Waals surface area contributed by atoms with Crippen molar-refractivity contribution in [2.75, 3.05) is 19.6 Å². The summed E-state index contributed by atoms with van der Waals surface area (Å²) in [5, 5.41) is 4.33. The topological polar surface area (TPSA) is 113 Å². The van der Waals surface area contributed by atoms with E-state index in [9.17, 15) is 21.6 Å². The van der Waals surface area contributed by atoms with Gasteiger partial charge in [-0.15, -0.1) is 11.3 Å². The molecule has 30 heavy (non-hydrogen) atoms. The molecule has 1 aromatic carbocycles. The van der Waals surface area contributed by atoms with E-state index in [-0.39, 0.29) is 28.7 Å². The van der Waals surface area contributed by atoms with E-state index in [0.717, 1.165) is 16.9 Å². The average molecular weight is 472 g/mol. The summed E-state index contributed by atoms with van der Waals surface area (Å²) in [6.45, 7) is 3.89. The third kappa shape index (κ3) is 4.92. The molecule has 1 fully saturated rings. The third-order valence-corrected chi connectivity index (χ3v) is 9.80. The monoisotopic (exact) mass is 471 g/mol. The lowest BCUT2D eigenvalue weighted by atomic mass is 10.2. The van der Waals surface area contributed by atoms with Gasteiger partial charge in [0.05, 0.1) is 4.90 Å². The number of nitrogens with one attached hydrogen (secondary N) is 2. The molecule has 11 heteroatoms. The molecule has 2 heterocycles. The number of rotatable bonds is 8. The molecule has 2 N–H and O–H groups in total. The van der Waals surface area contributed by atoms with Gasteiger partial charge in [-0.25, -0.2) is 21.6 Å². The summed E-state index contributed by atoms with van der Waals surface area (Å²) >= 11 is 1.12. The number of hydrogen-bond acceptors (Lipinski definition) is 6. The van der Waals surface area contributed by atoms with Gasteiger partial charge in [0, 0.05) is 19.6 Å². The molecule has 0 aliphatic carbocycles. The highest BCUT2D eigenvalue weighted by atomic mass is 32.2. The maximum absolute atomic E-state index is 12.8. The molecule has 0 spiro atoms. The minimum Gasteiger partial charge on any atom is -0.353 e. The number of aryl methyl sites for hydroxylation is 2. The van der Waals surface area contributed by atoms with Gasteiger partial charge in [-0.2, -0.15) is 4.31 Å². The molecule has 0 saturated carbocycles. The number of carbonyl (C=O) groups excluding carboxylic acids is 1. The predicted molar refractivity (Wildman–Crippen MR) is 115 cm³/mol. The van der Waals surface area contributed by atoms with Crippen LogP contribution in [-0.2, 0) is 24.8 Å². The van der Waals surface area contributed by atoms with E-state index in [0.29, 0.717) is 18.4 Å². The van der Waals surface area contributed by atoms with Crippen LogP contribution in [0.5, 0.6) is 0 Å². The van der Waals surface area contributed by atoms with Crippen molar-refractivity contribution in [1.29, 1.82) is 0 Å². The van der Waals surface area contributed by atoms with Crippen molar-refractivity contribution in [3.63, 3.8) is 0 Å². The summed E-state index contributed by atoms with van der Waals surface area (Å²) in [7, 11) is -7.41. The van der Waals surface area contributed by atoms with Gasteiger partial charge in [-0.3, -0.25) is 4.79 Å². The highest BCUT2D eigenvalue weighted by molar-refractivity contribution is 7.91. The van der Waals surface area contributed by atoms with Gasteiger partial charge < -0.3 is 5.32 Å². The Kier molecular flexibility index (Phi) is 6.98. The van der Waals surface area contributed by atoms with E-state index in [2.05, 4.69) is 10.0 Å². The fraction of sp³-hybridized carbons (Fsp3) is 0.421. The highest BCUT2D eigenvalue weighted by Crippen LogP contribution is 2.28. The van der Waals surface area contributed by atoms with Crippen LogP contribution >= 0.6 is 11.3 Å². The summed E-state index contributed by atoms with van der Waals surface area (Å²) in [5.41, 5.74) is 1.47. The van der Waals surface area contributed by atoms with Crippen LogP contribution in [0.15, 0.2) is 44.8 Å². The quantitative estimate of drug-likeness (QED) is 0.568. The van der Waals surface area contributed by atoms with Crippen molar-refractivity contribution in [2.24, 2.45) is 0 Å². The van der Waals surface area contributed by atoms with E-state index >= 15 is 0 Å². The summed E-state index contributed by atoms with van der Waals surface area (Å²) in [4.78, 5) is 12.8. The fourth-order valence-electron chi connectivity index (χ4n) is 3.38. The van der Waals surface area contributed by atoms with Gasteiger partial charge in [0.2, 0.25) is 15.9 Å². The zero-order chi connectivity index (χ0) is 21.9. The molecule has 1 atom stereocenters. The second-order valence-corrected chi connectivity index (χ2v) is 12.0. The Morgan fingerprint density at radius 3 is 2.63 bits per heavy atom. The second-order valence-electron chi connectivity index (χ2n) is 7.16. The van der Waals surface area contributed by atoms with Crippen LogP contribution in [0.1, 0.15) is 24.0 Å². The average Bonchev–Trinajstić information content (AvgIpc) is 3.39. The zero-order valence-corrected chi connectivity index (χ0v) is 19.2. The Balaban J connectivity index is 1.57. The van der Waals surface area contributed by atoms with Gasteiger partial charge >= 0.3 is 0 Å². The van der Waals surface area contributed by atoms with Crippen molar-refractivity contribution in [3.8, 4) is 0 Å². The van der Waals surface area contributed by atoms with Crippen LogP contribution in [0.4, 0.5) is 0 Å². The number of amides is 1. The first-order valence-corrected chi connectivity index (χ1v) is 13.3. The van der Waals surface area contributed by atoms with Crippen LogP contribution in [0.2, 0.25) is 0 Å². The summed E-state index contributed by atoms with van der Waals surface area (Å²) < 4.78 is 54.4. The van der Waals surface area contributed by atoms with Crippen molar-refractivity contribution >= 4 is 37.3 Å². The van der Waals surface area contributed by atoms with E-state index < -0.39 is 32.0 Å². The van der Waals surface area contributed by atoms with Gasteiger partial charge in [-0.1, -0.05) is 18.2 Å². The summed E-state index contributed by atoms with van der Waals surface area (Å²) in [5.74, 6) is -0.418. The van der Waals surface area contributed by atoms with Gasteiger partial charge in [0.15, 0.2) is 0 Å². The molecule has 8 nitrogen and oxygen atoms in total. The first-order valence-electron chi connectivity index (χ1n) is 9.53. The van der Waals surface area contributed by atoms with E-state index in [1.807, 2.05) is 13.0 Å². The molecule has 2 aromatic rings. The standard InChI is InChI=1S/C19H25N3O5S3/c1-14-7-8-15(2)17(13-14)29(24,25)21-10-9-20-19(23)16-5-3-11-22(16)30(26,27)18-6-4-12-28-18/h4,6-8,12-13,16,21H,3,5,9-11H2,1-2H3,(H,20,23). The Labute approximate surface area is 181 Å². The third-order valence-electron chi connectivity index (χ3n) is 4.91. The number of hydrogen-bond donors (Lipinski definition) is 2. The molecular formula is C19H25N3O5S3. The minimum atomic E-state index is -3.71. The molecule has 1 saturated heterocycles. The van der Waals surface area contributed by atoms with Crippen LogP contribution < -0.4 is 10.0 Å². The number of nitrogens with zero attached hydrogens (tertiary/aromatic N) is 1. The molecule has 0 bridgehead atoms. The predicted octanol–water partition coefficient (Wildman–Crippen LogP) is 1.61. The lowest BCUT2D eigenvalue weighted by Crippen LogP contribution is -2.47. The maximum Gasteiger partial charge on any atom is 0.253 e. The fourth-order valence-corrected chi connectivity index (χ4v) is 7.51. The highest BCUT2D eigenvalue weighted by Gasteiger charge is 2.39. The Bertz CT molecular complexity index is 1110. The molecular weight excluding hydrogens is 446 g/mol. The Hall–Kier alpha value is -1.79. The molecule has 1 unspecified atom stereocenters. The smallest absolute Gasteiger partial charge is 0.253 e. The number of sulfonamides is 2. The van der Waals surface area contributed by atoms with Crippen molar-refractivity contribution < 1.29 is 21.6 Å². The lowest BCUT2D eigenvalue weighted by Gasteiger charge is -2.22. The van der Waals surface area contributed by atoms with Gasteiger partial charge in [-0.05, 0) is 55.3 Å². The molecule has 1 aliphatic rings. The van der Waals surface area contributed by atoms with E-state index in [1.165, 1.54) is 10.4 Å². The Morgan fingerprint density at radius 2 is 1.93 bits per heavy atom. The molecule has 1 aromatic heterocycles. The number of benzene rings is 1. The van der Waals surface area contributed by atoms with Crippen molar-refractivity contribution in [3.05, 3.63) is 46.8 Å². The molecule has 0 radical (unpaired) electrons. The number of thiophene rings is 1. The van der Waals surface area contributed by atoms with E-state index in [4.69, 9.17) is 0 Å². The van der Waals surface area contributed by atoms with Gasteiger partial charge in [0.1, 0.15) is 10.3 Å². The SMILES string of the molecule is Cc1ccc(C)c(S(=O)(=O)NCCNC(=O)C2CCCN2S(=O)(=O)c2cccs2)c1. The van der Waals surface area contributed by atoms with Crippen LogP contribution in [0.3, 0.4) is 0 Å². The number of carbonyl (C=O) groups is 1. The lowest BCUT2D eigenvalue weighted by molar-refractivity contribution is -0.124. The first-order chi connectivity index (χ1) is 14.1. The molecule has 3 rings (SSSR count). The minimum absolute atomic E-state index is 0.00580. The Morgan fingerprint density at radius 1 is 1.17 bits per heavy atom. The van der Waals surface area contributed by atoms with E-state index in [1.54, 1.807) is 30.5 Å². The first kappa shape index (κ1) is 22.9. The van der Waals surface area contributed by atoms with Crippen molar-refractivity contribution in [1.82, 2.24) is 14.3 Å². The van der Waals surface area contributed by atoms with Crippen LogP contribution in [0, 0.1) is 13.8 Å². The molecule has 1 amide bonds. The largest absolute Gasteiger partial charge is 0.353 e. The summed E-state index contributed by atoms with van der Waals surface area (Å²) in [6, 6.07) is 7.58. The van der Waals surface area contributed by atoms with Gasteiger partial charge in [0.25, 0.3) is 10.0 Å². The zero-order valence-electron chi connectivity index (χ0n) is 16.8. The summed E-state index contributed by atoms with van der Waals surface area (Å²) in [6.07, 6.45) is 1.03. The second kappa shape index (κ2) is 9.15. The van der Waals surface area contributed by atoms with Crippen LogP contribution in [0.25, 0.3) is 0 Å².